The van der Waals surface area contributed by atoms with E-state index in [9.17, 15) is 0 Å². The molecule has 0 atom stereocenters. The lowest BCUT2D eigenvalue weighted by atomic mass is 10.2. The topological polar surface area (TPSA) is 55.9 Å². The van der Waals surface area contributed by atoms with Crippen molar-refractivity contribution >= 4 is 11.4 Å². The number of nitrogen functional groups attached to an aromatic ring is 1. The van der Waals surface area contributed by atoms with Gasteiger partial charge in [0.25, 0.3) is 0 Å². The number of hydrogen-bond donors (Lipinski definition) is 2. The monoisotopic (exact) mass is 278 g/mol. The van der Waals surface area contributed by atoms with Crippen molar-refractivity contribution in [2.24, 2.45) is 0 Å². The Morgan fingerprint density at radius 1 is 1.00 bits per heavy atom. The van der Waals surface area contributed by atoms with Crippen molar-refractivity contribution in [3.05, 3.63) is 78.1 Å². The van der Waals surface area contributed by atoms with Crippen LogP contribution in [0.3, 0.4) is 0 Å². The summed E-state index contributed by atoms with van der Waals surface area (Å²) in [5, 5.41) is 7.71. The van der Waals surface area contributed by atoms with Gasteiger partial charge in [-0.25, -0.2) is 0 Å². The molecule has 21 heavy (non-hydrogen) atoms. The van der Waals surface area contributed by atoms with Crippen LogP contribution in [0.25, 0.3) is 0 Å². The predicted molar refractivity (Wildman–Crippen MR) is 86.0 cm³/mol. The minimum Gasteiger partial charge on any atom is -0.398 e. The maximum atomic E-state index is 5.93. The third-order valence-electron chi connectivity index (χ3n) is 3.36. The molecule has 1 aromatic heterocycles. The molecule has 3 aromatic rings. The summed E-state index contributed by atoms with van der Waals surface area (Å²) in [6.45, 7) is 1.47. The summed E-state index contributed by atoms with van der Waals surface area (Å²) in [6, 6.07) is 18.2. The van der Waals surface area contributed by atoms with Gasteiger partial charge in [0.1, 0.15) is 0 Å². The fourth-order valence-corrected chi connectivity index (χ4v) is 2.20. The normalized spacial score (nSPS) is 10.5. The molecule has 0 bridgehead atoms. The smallest absolute Gasteiger partial charge is 0.0729 e. The van der Waals surface area contributed by atoms with E-state index >= 15 is 0 Å². The molecule has 0 aliphatic rings. The summed E-state index contributed by atoms with van der Waals surface area (Å²) in [6.07, 6.45) is 3.84. The summed E-state index contributed by atoms with van der Waals surface area (Å²) >= 11 is 0. The quantitative estimate of drug-likeness (QED) is 0.705. The Labute approximate surface area is 124 Å². The molecular formula is C17H18N4. The molecule has 0 spiro atoms. The van der Waals surface area contributed by atoms with Crippen molar-refractivity contribution in [3.63, 3.8) is 0 Å². The minimum absolute atomic E-state index is 0.698. The zero-order chi connectivity index (χ0) is 14.5. The van der Waals surface area contributed by atoms with E-state index in [0.717, 1.165) is 23.5 Å². The Bertz CT molecular complexity index is 704. The van der Waals surface area contributed by atoms with Gasteiger partial charge in [0.05, 0.1) is 18.4 Å². The largest absolute Gasteiger partial charge is 0.398 e. The highest BCUT2D eigenvalue weighted by Crippen LogP contribution is 2.14. The van der Waals surface area contributed by atoms with E-state index in [0.29, 0.717) is 6.54 Å². The van der Waals surface area contributed by atoms with E-state index < -0.39 is 0 Å². The van der Waals surface area contributed by atoms with Crippen molar-refractivity contribution in [3.8, 4) is 0 Å². The summed E-state index contributed by atoms with van der Waals surface area (Å²) in [7, 11) is 0. The molecule has 3 rings (SSSR count). The van der Waals surface area contributed by atoms with Gasteiger partial charge in [-0.3, -0.25) is 4.68 Å². The number of para-hydroxylation sites is 1. The molecule has 0 amide bonds. The average molecular weight is 278 g/mol. The van der Waals surface area contributed by atoms with E-state index in [1.165, 1.54) is 5.56 Å². The second-order valence-corrected chi connectivity index (χ2v) is 4.96. The zero-order valence-corrected chi connectivity index (χ0v) is 11.7. The second-order valence-electron chi connectivity index (χ2n) is 4.96. The first-order chi connectivity index (χ1) is 10.3. The molecule has 4 heteroatoms. The van der Waals surface area contributed by atoms with Crippen molar-refractivity contribution in [1.29, 1.82) is 0 Å². The second kappa shape index (κ2) is 6.13. The molecule has 2 aromatic carbocycles. The minimum atomic E-state index is 0.698. The van der Waals surface area contributed by atoms with Crippen LogP contribution in [-0.2, 0) is 13.1 Å². The van der Waals surface area contributed by atoms with E-state index in [1.54, 1.807) is 0 Å². The number of nitrogens with zero attached hydrogens (tertiary/aromatic N) is 2. The summed E-state index contributed by atoms with van der Waals surface area (Å²) < 4.78 is 1.92. The number of benzene rings is 2. The molecule has 0 unspecified atom stereocenters. The van der Waals surface area contributed by atoms with Gasteiger partial charge >= 0.3 is 0 Å². The lowest BCUT2D eigenvalue weighted by Crippen LogP contribution is -2.02. The average Bonchev–Trinajstić information content (AvgIpc) is 2.95. The van der Waals surface area contributed by atoms with Crippen LogP contribution < -0.4 is 11.1 Å². The Kier molecular flexibility index (Phi) is 3.87. The Balaban J connectivity index is 1.62. The van der Waals surface area contributed by atoms with E-state index in [4.69, 9.17) is 5.73 Å². The van der Waals surface area contributed by atoms with E-state index in [-0.39, 0.29) is 0 Å². The predicted octanol–water partition coefficient (Wildman–Crippen LogP) is 3.13. The lowest BCUT2D eigenvalue weighted by molar-refractivity contribution is 0.687. The summed E-state index contributed by atoms with van der Waals surface area (Å²) in [4.78, 5) is 0. The third-order valence-corrected chi connectivity index (χ3v) is 3.36. The van der Waals surface area contributed by atoms with Gasteiger partial charge in [0, 0.05) is 18.4 Å². The van der Waals surface area contributed by atoms with Gasteiger partial charge in [-0.05, 0) is 17.2 Å². The van der Waals surface area contributed by atoms with Crippen LogP contribution in [0.5, 0.6) is 0 Å². The molecule has 0 aliphatic carbocycles. The molecule has 0 fully saturated rings. The van der Waals surface area contributed by atoms with Crippen LogP contribution in [-0.4, -0.2) is 9.78 Å². The first-order valence-corrected chi connectivity index (χ1v) is 6.95. The first-order valence-electron chi connectivity index (χ1n) is 6.95. The van der Waals surface area contributed by atoms with Crippen molar-refractivity contribution in [2.75, 3.05) is 11.1 Å². The molecule has 0 radical (unpaired) electrons. The van der Waals surface area contributed by atoms with Gasteiger partial charge in [0.2, 0.25) is 0 Å². The van der Waals surface area contributed by atoms with Gasteiger partial charge in [-0.1, -0.05) is 48.5 Å². The van der Waals surface area contributed by atoms with Crippen LogP contribution in [0.2, 0.25) is 0 Å². The number of nitrogens with one attached hydrogen (secondary N) is 1. The number of aromatic nitrogens is 2. The third kappa shape index (κ3) is 3.42. The number of nitrogens with two attached hydrogens (primary N) is 1. The number of rotatable bonds is 5. The van der Waals surface area contributed by atoms with Crippen LogP contribution in [0.15, 0.2) is 67.0 Å². The van der Waals surface area contributed by atoms with Gasteiger partial charge in [0.15, 0.2) is 0 Å². The van der Waals surface area contributed by atoms with E-state index in [1.807, 2.05) is 59.5 Å². The maximum Gasteiger partial charge on any atom is 0.0729 e. The van der Waals surface area contributed by atoms with Crippen LogP contribution in [0.1, 0.15) is 11.1 Å². The summed E-state index contributed by atoms with van der Waals surface area (Å²) in [5.74, 6) is 0. The fourth-order valence-electron chi connectivity index (χ4n) is 2.20. The Morgan fingerprint density at radius 3 is 2.57 bits per heavy atom. The summed E-state index contributed by atoms with van der Waals surface area (Å²) in [5.41, 5.74) is 10.1. The van der Waals surface area contributed by atoms with Crippen LogP contribution >= 0.6 is 0 Å². The van der Waals surface area contributed by atoms with Gasteiger partial charge < -0.3 is 11.1 Å². The Morgan fingerprint density at radius 2 is 1.76 bits per heavy atom. The standard InChI is InChI=1S/C17H18N4/c18-17-9-5-4-8-15(17)10-19-16-11-20-21(13-16)12-14-6-2-1-3-7-14/h1-9,11,13,19H,10,12,18H2. The van der Waals surface area contributed by atoms with Crippen LogP contribution in [0, 0.1) is 0 Å². The fraction of sp³-hybridized carbons (Fsp3) is 0.118. The highest BCUT2D eigenvalue weighted by atomic mass is 15.3. The van der Waals surface area contributed by atoms with E-state index in [2.05, 4.69) is 22.5 Å². The maximum absolute atomic E-state index is 5.93. The SMILES string of the molecule is Nc1ccccc1CNc1cnn(Cc2ccccc2)c1. The Hall–Kier alpha value is -2.75. The zero-order valence-electron chi connectivity index (χ0n) is 11.7. The molecule has 0 saturated carbocycles. The van der Waals surface area contributed by atoms with Crippen molar-refractivity contribution < 1.29 is 0 Å². The van der Waals surface area contributed by atoms with Crippen molar-refractivity contribution in [1.82, 2.24) is 9.78 Å². The number of anilines is 2. The van der Waals surface area contributed by atoms with Crippen LogP contribution in [0.4, 0.5) is 11.4 Å². The lowest BCUT2D eigenvalue weighted by Gasteiger charge is -2.06. The highest BCUT2D eigenvalue weighted by molar-refractivity contribution is 5.49. The molecule has 1 heterocycles. The molecule has 0 aliphatic heterocycles. The van der Waals surface area contributed by atoms with Crippen molar-refractivity contribution in [2.45, 2.75) is 13.1 Å². The van der Waals surface area contributed by atoms with Gasteiger partial charge in [-0.2, -0.15) is 5.10 Å². The molecule has 4 nitrogen and oxygen atoms in total. The molecular weight excluding hydrogens is 260 g/mol. The van der Waals surface area contributed by atoms with Gasteiger partial charge in [-0.15, -0.1) is 0 Å². The highest BCUT2D eigenvalue weighted by Gasteiger charge is 2.01. The first kappa shape index (κ1) is 13.2. The molecule has 3 N–H and O–H groups in total. The number of hydrogen-bond acceptors (Lipinski definition) is 3. The molecule has 0 saturated heterocycles. The molecule has 106 valence electrons.